The van der Waals surface area contributed by atoms with Crippen LogP contribution in [-0.2, 0) is 9.53 Å². The lowest BCUT2D eigenvalue weighted by Crippen LogP contribution is -2.51. The molecule has 4 aliphatic rings. The van der Waals surface area contributed by atoms with E-state index in [1.54, 1.807) is 5.57 Å². The summed E-state index contributed by atoms with van der Waals surface area (Å²) in [4.78, 5) is 11.8. The molecule has 3 fully saturated rings. The summed E-state index contributed by atoms with van der Waals surface area (Å²) in [6.45, 7) is 12.5. The number of fused-ring (bicyclic) bond motifs is 5. The van der Waals surface area contributed by atoms with E-state index < -0.39 is 0 Å². The quantitative estimate of drug-likeness (QED) is 0.197. The smallest absolute Gasteiger partial charge is 0.316 e. The van der Waals surface area contributed by atoms with Crippen LogP contribution in [0.5, 0.6) is 0 Å². The Kier molecular flexibility index (Phi) is 7.55. The number of esters is 1. The molecule has 0 aromatic heterocycles. The first-order valence-corrected chi connectivity index (χ1v) is 14.8. The van der Waals surface area contributed by atoms with E-state index in [1.807, 2.05) is 0 Å². The maximum Gasteiger partial charge on any atom is 0.316 e. The summed E-state index contributed by atoms with van der Waals surface area (Å²) >= 11 is 3.24. The Morgan fingerprint density at radius 3 is 2.59 bits per heavy atom. The van der Waals surface area contributed by atoms with Gasteiger partial charge in [0.15, 0.2) is 0 Å². The van der Waals surface area contributed by atoms with Gasteiger partial charge in [-0.15, -0.1) is 0 Å². The van der Waals surface area contributed by atoms with E-state index in [0.29, 0.717) is 16.2 Å². The number of rotatable bonds is 7. The van der Waals surface area contributed by atoms with Crippen molar-refractivity contribution in [2.45, 2.75) is 111 Å². The molecule has 0 aliphatic heterocycles. The van der Waals surface area contributed by atoms with Crippen LogP contribution in [0.1, 0.15) is 105 Å². The zero-order chi connectivity index (χ0) is 23.1. The van der Waals surface area contributed by atoms with Gasteiger partial charge in [0, 0.05) is 6.42 Å². The second kappa shape index (κ2) is 9.74. The van der Waals surface area contributed by atoms with Crippen molar-refractivity contribution in [3.8, 4) is 0 Å². The van der Waals surface area contributed by atoms with Gasteiger partial charge >= 0.3 is 5.97 Å². The molecular formula is C29H47BrO2. The van der Waals surface area contributed by atoms with E-state index in [-0.39, 0.29) is 12.1 Å². The van der Waals surface area contributed by atoms with Gasteiger partial charge in [-0.3, -0.25) is 4.79 Å². The van der Waals surface area contributed by atoms with Crippen LogP contribution >= 0.6 is 15.9 Å². The number of alkyl halides is 1. The van der Waals surface area contributed by atoms with Crippen molar-refractivity contribution >= 4 is 21.9 Å². The van der Waals surface area contributed by atoms with E-state index in [4.69, 9.17) is 4.74 Å². The molecule has 182 valence electrons. The van der Waals surface area contributed by atoms with E-state index in [9.17, 15) is 4.79 Å². The summed E-state index contributed by atoms with van der Waals surface area (Å²) < 4.78 is 5.72. The topological polar surface area (TPSA) is 26.3 Å². The third kappa shape index (κ3) is 4.50. The highest BCUT2D eigenvalue weighted by molar-refractivity contribution is 9.09. The molecule has 0 aromatic carbocycles. The van der Waals surface area contributed by atoms with Gasteiger partial charge in [0.1, 0.15) is 11.4 Å². The van der Waals surface area contributed by atoms with Crippen LogP contribution in [0.4, 0.5) is 0 Å². The van der Waals surface area contributed by atoms with Crippen molar-refractivity contribution in [1.29, 1.82) is 0 Å². The second-order valence-corrected chi connectivity index (χ2v) is 13.3. The number of ether oxygens (including phenoxy) is 1. The first-order chi connectivity index (χ1) is 15.2. The Morgan fingerprint density at radius 2 is 1.88 bits per heavy atom. The van der Waals surface area contributed by atoms with Crippen LogP contribution in [0, 0.1) is 46.3 Å². The highest BCUT2D eigenvalue weighted by atomic mass is 79.9. The number of carbonyl (C=O) groups is 1. The lowest BCUT2D eigenvalue weighted by Gasteiger charge is -2.58. The van der Waals surface area contributed by atoms with Crippen molar-refractivity contribution < 1.29 is 9.53 Å². The minimum Gasteiger partial charge on any atom is -0.461 e. The average molecular weight is 508 g/mol. The predicted molar refractivity (Wildman–Crippen MR) is 137 cm³/mol. The molecule has 32 heavy (non-hydrogen) atoms. The molecule has 0 radical (unpaired) electrons. The monoisotopic (exact) mass is 506 g/mol. The second-order valence-electron chi connectivity index (χ2n) is 12.8. The molecule has 0 amide bonds. The zero-order valence-electron chi connectivity index (χ0n) is 21.3. The lowest BCUT2D eigenvalue weighted by atomic mass is 9.47. The van der Waals surface area contributed by atoms with E-state index in [1.165, 1.54) is 57.8 Å². The largest absolute Gasteiger partial charge is 0.461 e. The Labute approximate surface area is 205 Å². The van der Waals surface area contributed by atoms with Crippen molar-refractivity contribution in [2.24, 2.45) is 46.3 Å². The van der Waals surface area contributed by atoms with E-state index in [2.05, 4.69) is 56.6 Å². The molecule has 0 heterocycles. The molecule has 3 heteroatoms. The summed E-state index contributed by atoms with van der Waals surface area (Å²) in [7, 11) is 0. The summed E-state index contributed by atoms with van der Waals surface area (Å²) in [6, 6.07) is 0. The van der Waals surface area contributed by atoms with Gasteiger partial charge in [-0.25, -0.2) is 0 Å². The Balaban J connectivity index is 1.45. The minimum atomic E-state index is -0.110. The molecule has 0 spiro atoms. The number of allylic oxidation sites excluding steroid dienone is 1. The van der Waals surface area contributed by atoms with Gasteiger partial charge < -0.3 is 4.74 Å². The number of halogens is 1. The molecule has 4 rings (SSSR count). The summed E-state index contributed by atoms with van der Waals surface area (Å²) in [5.74, 6) is 5.16. The summed E-state index contributed by atoms with van der Waals surface area (Å²) in [5.41, 5.74) is 2.50. The van der Waals surface area contributed by atoms with Gasteiger partial charge in [-0.05, 0) is 91.3 Å². The van der Waals surface area contributed by atoms with Gasteiger partial charge in [-0.1, -0.05) is 81.5 Å². The van der Waals surface area contributed by atoms with Crippen LogP contribution in [0.2, 0.25) is 0 Å². The molecule has 2 nitrogen and oxygen atoms in total. The van der Waals surface area contributed by atoms with Gasteiger partial charge in [0.2, 0.25) is 0 Å². The standard InChI is InChI=1S/C29H47BrO2/c1-19(2)7-6-8-20(3)24-11-12-25-23-10-9-21-17-22(32-27(31)18-30)13-15-28(21,4)26(23)14-16-29(24,25)5/h9,19-20,22-26H,6-8,10-18H2,1-5H3/t20-,22+,23+,24+,25?,26-,28+,29-/m1/s1. The normalized spacial score (nSPS) is 42.0. The van der Waals surface area contributed by atoms with Gasteiger partial charge in [0.25, 0.3) is 0 Å². The molecule has 8 atom stereocenters. The molecule has 0 saturated heterocycles. The van der Waals surface area contributed by atoms with Crippen LogP contribution in [0.25, 0.3) is 0 Å². The van der Waals surface area contributed by atoms with Crippen LogP contribution in [0.15, 0.2) is 11.6 Å². The molecule has 0 aromatic rings. The Bertz CT molecular complexity index is 714. The lowest BCUT2D eigenvalue weighted by molar-refractivity contribution is -0.148. The predicted octanol–water partition coefficient (Wildman–Crippen LogP) is 8.33. The van der Waals surface area contributed by atoms with Crippen molar-refractivity contribution in [1.82, 2.24) is 0 Å². The first kappa shape index (κ1) is 24.8. The average Bonchev–Trinajstić information content (AvgIpc) is 3.11. The van der Waals surface area contributed by atoms with E-state index in [0.717, 1.165) is 48.3 Å². The fourth-order valence-corrected chi connectivity index (χ4v) is 9.10. The number of hydrogen-bond acceptors (Lipinski definition) is 2. The molecule has 0 bridgehead atoms. The van der Waals surface area contributed by atoms with Crippen molar-refractivity contribution in [3.05, 3.63) is 11.6 Å². The van der Waals surface area contributed by atoms with Gasteiger partial charge in [-0.2, -0.15) is 0 Å². The maximum atomic E-state index is 11.8. The number of carbonyl (C=O) groups excluding carboxylic acids is 1. The molecular weight excluding hydrogens is 460 g/mol. The molecule has 0 N–H and O–H groups in total. The SMILES string of the molecule is CC(C)CCC[C@@H](C)[C@@H]1CCC2[C@@H]3CC=C4C[C@@H](OC(=O)CBr)CC[C@]4(C)[C@@H]3CC[C@@]21C. The minimum absolute atomic E-state index is 0.0901. The van der Waals surface area contributed by atoms with Crippen molar-refractivity contribution in [2.75, 3.05) is 5.33 Å². The highest BCUT2D eigenvalue weighted by Gasteiger charge is 2.59. The van der Waals surface area contributed by atoms with Gasteiger partial charge in [0.05, 0.1) is 0 Å². The summed E-state index contributed by atoms with van der Waals surface area (Å²) in [6.07, 6.45) is 17.1. The molecule has 1 unspecified atom stereocenters. The van der Waals surface area contributed by atoms with Crippen LogP contribution in [0.3, 0.4) is 0 Å². The molecule has 3 saturated carbocycles. The Morgan fingerprint density at radius 1 is 1.09 bits per heavy atom. The highest BCUT2D eigenvalue weighted by Crippen LogP contribution is 2.67. The maximum absolute atomic E-state index is 11.8. The fraction of sp³-hybridized carbons (Fsp3) is 0.897. The van der Waals surface area contributed by atoms with E-state index >= 15 is 0 Å². The Hall–Kier alpha value is -0.310. The van der Waals surface area contributed by atoms with Crippen molar-refractivity contribution in [3.63, 3.8) is 0 Å². The molecule has 4 aliphatic carbocycles. The third-order valence-corrected chi connectivity index (χ3v) is 11.1. The summed E-state index contributed by atoms with van der Waals surface area (Å²) in [5, 5.41) is 0.307. The third-order valence-electron chi connectivity index (χ3n) is 10.7. The first-order valence-electron chi connectivity index (χ1n) is 13.6. The number of hydrogen-bond donors (Lipinski definition) is 0. The zero-order valence-corrected chi connectivity index (χ0v) is 22.9. The van der Waals surface area contributed by atoms with Crippen LogP contribution in [-0.4, -0.2) is 17.4 Å². The van der Waals surface area contributed by atoms with Crippen LogP contribution < -0.4 is 0 Å². The fourth-order valence-electron chi connectivity index (χ4n) is 8.97.